The number of aryl methyl sites for hydroxylation is 3. The van der Waals surface area contributed by atoms with Gasteiger partial charge in [0.2, 0.25) is 0 Å². The lowest BCUT2D eigenvalue weighted by atomic mass is 9.79. The molecule has 7 heteroatoms. The molecule has 0 aromatic carbocycles. The van der Waals surface area contributed by atoms with Crippen molar-refractivity contribution in [1.29, 1.82) is 0 Å². The number of nitrogens with one attached hydrogen (secondary N) is 2. The molecule has 0 saturated heterocycles. The number of rotatable bonds is 9. The normalized spacial score (nSPS) is 21.5. The van der Waals surface area contributed by atoms with E-state index in [1.807, 2.05) is 20.8 Å². The summed E-state index contributed by atoms with van der Waals surface area (Å²) in [6, 6.07) is 3.02. The van der Waals surface area contributed by atoms with E-state index in [-0.39, 0.29) is 12.5 Å². The third-order valence-corrected chi connectivity index (χ3v) is 6.09. The first-order chi connectivity index (χ1) is 14.7. The second-order valence-corrected chi connectivity index (χ2v) is 10.0. The highest BCUT2D eigenvalue weighted by atomic mass is 16.5. The van der Waals surface area contributed by atoms with Gasteiger partial charge in [0, 0.05) is 30.0 Å². The van der Waals surface area contributed by atoms with Crippen molar-refractivity contribution >= 4 is 12.0 Å². The number of fused-ring (bicyclic) bond motifs is 1. The van der Waals surface area contributed by atoms with Gasteiger partial charge in [0.15, 0.2) is 0 Å². The lowest BCUT2D eigenvalue weighted by Crippen LogP contribution is -2.52. The number of aromatic nitrogens is 1. The summed E-state index contributed by atoms with van der Waals surface area (Å²) < 4.78 is 5.85. The Morgan fingerprint density at radius 1 is 1.23 bits per heavy atom. The van der Waals surface area contributed by atoms with Gasteiger partial charge in [0.05, 0.1) is 6.10 Å². The van der Waals surface area contributed by atoms with Crippen LogP contribution in [0.1, 0.15) is 76.2 Å². The van der Waals surface area contributed by atoms with Gasteiger partial charge in [-0.25, -0.2) is 9.59 Å². The second-order valence-electron chi connectivity index (χ2n) is 10.0. The number of carboxylic acid groups (broad SMARTS) is 1. The van der Waals surface area contributed by atoms with Crippen LogP contribution >= 0.6 is 0 Å². The van der Waals surface area contributed by atoms with Gasteiger partial charge in [-0.15, -0.1) is 0 Å². The minimum Gasteiger partial charge on any atom is -0.480 e. The minimum atomic E-state index is -1.04. The van der Waals surface area contributed by atoms with Crippen molar-refractivity contribution in [2.75, 3.05) is 6.61 Å². The largest absolute Gasteiger partial charge is 0.480 e. The van der Waals surface area contributed by atoms with Crippen LogP contribution in [0, 0.1) is 5.92 Å². The fourth-order valence-electron chi connectivity index (χ4n) is 4.31. The topological polar surface area (TPSA) is 101 Å². The van der Waals surface area contributed by atoms with Crippen LogP contribution in [0.2, 0.25) is 0 Å². The molecule has 7 nitrogen and oxygen atoms in total. The van der Waals surface area contributed by atoms with E-state index in [0.717, 1.165) is 32.1 Å². The Balaban J connectivity index is 1.31. The average molecular weight is 432 g/mol. The van der Waals surface area contributed by atoms with Gasteiger partial charge in [0.1, 0.15) is 6.04 Å². The fourth-order valence-corrected chi connectivity index (χ4v) is 4.31. The molecule has 2 aliphatic carbocycles. The highest BCUT2D eigenvalue weighted by molar-refractivity contribution is 5.82. The first-order valence-corrected chi connectivity index (χ1v) is 11.6. The highest BCUT2D eigenvalue weighted by Crippen LogP contribution is 2.34. The maximum Gasteiger partial charge on any atom is 0.326 e. The molecule has 172 valence electrons. The number of aliphatic carboxylic acids is 1. The number of urea groups is 1. The number of pyridine rings is 1. The summed E-state index contributed by atoms with van der Waals surface area (Å²) >= 11 is 0. The van der Waals surface area contributed by atoms with Crippen LogP contribution in [0.15, 0.2) is 12.1 Å². The fraction of sp³-hybridized carbons (Fsp3) is 0.708. The predicted octanol–water partition coefficient (Wildman–Crippen LogP) is 3.63. The summed E-state index contributed by atoms with van der Waals surface area (Å²) in [6.07, 6.45) is 9.44. The number of amides is 2. The van der Waals surface area contributed by atoms with Crippen molar-refractivity contribution < 1.29 is 19.4 Å². The zero-order valence-electron chi connectivity index (χ0n) is 19.1. The van der Waals surface area contributed by atoms with Crippen LogP contribution in [0.3, 0.4) is 0 Å². The van der Waals surface area contributed by atoms with Crippen LogP contribution in [0.4, 0.5) is 4.79 Å². The van der Waals surface area contributed by atoms with E-state index in [1.165, 1.54) is 36.2 Å². The molecule has 3 rings (SSSR count). The van der Waals surface area contributed by atoms with E-state index in [9.17, 15) is 14.7 Å². The monoisotopic (exact) mass is 431 g/mol. The summed E-state index contributed by atoms with van der Waals surface area (Å²) in [5.41, 5.74) is 3.52. The summed E-state index contributed by atoms with van der Waals surface area (Å²) in [5.74, 6) is -0.398. The van der Waals surface area contributed by atoms with Crippen LogP contribution in [0.5, 0.6) is 0 Å². The van der Waals surface area contributed by atoms with Gasteiger partial charge in [-0.3, -0.25) is 4.98 Å². The molecule has 1 aromatic rings. The SMILES string of the molecule is CC(C)(C)NC(=O)NC(CCOC1CC(CCc2ccc3c(n2)CCCC3)C1)C(=O)O. The van der Waals surface area contributed by atoms with E-state index in [1.54, 1.807) is 0 Å². The number of carbonyl (C=O) groups excluding carboxylic acids is 1. The zero-order chi connectivity index (χ0) is 22.4. The standard InChI is InChI=1S/C24H37N3O4/c1-24(2,3)27-23(30)26-21(22(28)29)12-13-31-19-14-16(15-19)8-10-18-11-9-17-6-4-5-7-20(17)25-18/h9,11,16,19,21H,4-8,10,12-15H2,1-3H3,(H,28,29)(H2,26,27,30). The van der Waals surface area contributed by atoms with Crippen molar-refractivity contribution in [2.24, 2.45) is 5.92 Å². The molecule has 2 aliphatic rings. The average Bonchev–Trinajstić information content (AvgIpc) is 2.66. The maximum absolute atomic E-state index is 11.9. The molecule has 0 spiro atoms. The molecule has 1 unspecified atom stereocenters. The summed E-state index contributed by atoms with van der Waals surface area (Å²) in [5, 5.41) is 14.6. The van der Waals surface area contributed by atoms with Crippen molar-refractivity contribution in [3.63, 3.8) is 0 Å². The number of hydrogen-bond donors (Lipinski definition) is 3. The van der Waals surface area contributed by atoms with E-state index < -0.39 is 23.6 Å². The quantitative estimate of drug-likeness (QED) is 0.554. The molecule has 1 aromatic heterocycles. The third-order valence-electron chi connectivity index (χ3n) is 6.09. The van der Waals surface area contributed by atoms with Crippen LogP contribution < -0.4 is 10.6 Å². The Labute approximate surface area is 185 Å². The Morgan fingerprint density at radius 2 is 1.97 bits per heavy atom. The Morgan fingerprint density at radius 3 is 2.68 bits per heavy atom. The molecule has 0 radical (unpaired) electrons. The van der Waals surface area contributed by atoms with Crippen LogP contribution in [-0.2, 0) is 28.8 Å². The molecule has 0 aliphatic heterocycles. The van der Waals surface area contributed by atoms with Gasteiger partial charge in [-0.2, -0.15) is 0 Å². The maximum atomic E-state index is 11.9. The number of hydrogen-bond acceptors (Lipinski definition) is 4. The molecular formula is C24H37N3O4. The van der Waals surface area contributed by atoms with Crippen molar-refractivity contribution in [3.05, 3.63) is 29.1 Å². The molecule has 1 fully saturated rings. The van der Waals surface area contributed by atoms with Gasteiger partial charge in [-0.05, 0) is 89.7 Å². The Hall–Kier alpha value is -2.15. The second kappa shape index (κ2) is 10.4. The predicted molar refractivity (Wildman–Crippen MR) is 119 cm³/mol. The molecule has 31 heavy (non-hydrogen) atoms. The van der Waals surface area contributed by atoms with Gasteiger partial charge >= 0.3 is 12.0 Å². The minimum absolute atomic E-state index is 0.194. The number of ether oxygens (including phenoxy) is 1. The number of nitrogens with zero attached hydrogens (tertiary/aromatic N) is 1. The first kappa shape index (κ1) is 23.5. The van der Waals surface area contributed by atoms with E-state index in [4.69, 9.17) is 9.72 Å². The van der Waals surface area contributed by atoms with Crippen molar-refractivity contribution in [1.82, 2.24) is 15.6 Å². The van der Waals surface area contributed by atoms with E-state index in [2.05, 4.69) is 22.8 Å². The molecule has 1 saturated carbocycles. The van der Waals surface area contributed by atoms with Crippen LogP contribution in [0.25, 0.3) is 0 Å². The van der Waals surface area contributed by atoms with E-state index >= 15 is 0 Å². The van der Waals surface area contributed by atoms with Crippen molar-refractivity contribution in [3.8, 4) is 0 Å². The first-order valence-electron chi connectivity index (χ1n) is 11.6. The number of carbonyl (C=O) groups is 2. The summed E-state index contributed by atoms with van der Waals surface area (Å²) in [4.78, 5) is 28.2. The van der Waals surface area contributed by atoms with Gasteiger partial charge < -0.3 is 20.5 Å². The highest BCUT2D eigenvalue weighted by Gasteiger charge is 2.30. The summed E-state index contributed by atoms with van der Waals surface area (Å²) in [7, 11) is 0. The van der Waals surface area contributed by atoms with Crippen LogP contribution in [-0.4, -0.2) is 46.4 Å². The zero-order valence-corrected chi connectivity index (χ0v) is 19.1. The third kappa shape index (κ3) is 7.49. The Kier molecular flexibility index (Phi) is 7.92. The van der Waals surface area contributed by atoms with E-state index in [0.29, 0.717) is 12.5 Å². The lowest BCUT2D eigenvalue weighted by Gasteiger charge is -2.35. The molecule has 2 amide bonds. The number of carboxylic acids is 1. The van der Waals surface area contributed by atoms with Crippen molar-refractivity contribution in [2.45, 2.75) is 96.2 Å². The van der Waals surface area contributed by atoms with Gasteiger partial charge in [0.25, 0.3) is 0 Å². The smallest absolute Gasteiger partial charge is 0.326 e. The van der Waals surface area contributed by atoms with Gasteiger partial charge in [-0.1, -0.05) is 6.07 Å². The molecule has 1 atom stereocenters. The molecular weight excluding hydrogens is 394 g/mol. The lowest BCUT2D eigenvalue weighted by molar-refractivity contribution is -0.140. The molecule has 3 N–H and O–H groups in total. The molecule has 1 heterocycles. The summed E-state index contributed by atoms with van der Waals surface area (Å²) in [6.45, 7) is 5.87. The molecule has 0 bridgehead atoms. The Bertz CT molecular complexity index is 769.